The second kappa shape index (κ2) is 4.46. The molecule has 0 amide bonds. The quantitative estimate of drug-likeness (QED) is 0.875. The van der Waals surface area contributed by atoms with E-state index in [9.17, 15) is 5.11 Å². The first-order valence-electron chi connectivity index (χ1n) is 6.14. The molecule has 1 aliphatic heterocycles. The molecule has 4 nitrogen and oxygen atoms in total. The third kappa shape index (κ3) is 1.78. The van der Waals surface area contributed by atoms with Gasteiger partial charge in [0.2, 0.25) is 0 Å². The molecular formula is C14H16N2O2. The van der Waals surface area contributed by atoms with E-state index in [1.54, 1.807) is 13.3 Å². The molecule has 1 N–H and O–H groups in total. The van der Waals surface area contributed by atoms with Gasteiger partial charge in [0.1, 0.15) is 11.6 Å². The van der Waals surface area contributed by atoms with Crippen LogP contribution in [0, 0.1) is 0 Å². The summed E-state index contributed by atoms with van der Waals surface area (Å²) in [4.78, 5) is 6.59. The number of pyridine rings is 1. The van der Waals surface area contributed by atoms with Gasteiger partial charge < -0.3 is 14.7 Å². The largest absolute Gasteiger partial charge is 0.496 e. The predicted octanol–water partition coefficient (Wildman–Crippen LogP) is 1.81. The van der Waals surface area contributed by atoms with E-state index >= 15 is 0 Å². The fraction of sp³-hybridized carbons (Fsp3) is 0.357. The van der Waals surface area contributed by atoms with E-state index in [0.717, 1.165) is 35.3 Å². The summed E-state index contributed by atoms with van der Waals surface area (Å²) in [5.41, 5.74) is 0. The first kappa shape index (κ1) is 11.3. The highest BCUT2D eigenvalue weighted by molar-refractivity contribution is 5.96. The van der Waals surface area contributed by atoms with Gasteiger partial charge in [0.05, 0.1) is 13.2 Å². The average molecular weight is 244 g/mol. The molecule has 1 aromatic carbocycles. The Balaban J connectivity index is 2.12. The maximum Gasteiger partial charge on any atom is 0.136 e. The summed E-state index contributed by atoms with van der Waals surface area (Å²) in [5, 5.41) is 11.8. The van der Waals surface area contributed by atoms with Crippen LogP contribution in [0.1, 0.15) is 6.42 Å². The lowest BCUT2D eigenvalue weighted by Gasteiger charge is -2.19. The highest BCUT2D eigenvalue weighted by Gasteiger charge is 2.22. The summed E-state index contributed by atoms with van der Waals surface area (Å²) < 4.78 is 5.37. The van der Waals surface area contributed by atoms with Crippen molar-refractivity contribution in [3.05, 3.63) is 30.5 Å². The summed E-state index contributed by atoms with van der Waals surface area (Å²) in [7, 11) is 1.68. The number of methoxy groups -OCH3 is 1. The predicted molar refractivity (Wildman–Crippen MR) is 71.1 cm³/mol. The topological polar surface area (TPSA) is 45.6 Å². The summed E-state index contributed by atoms with van der Waals surface area (Å²) in [6.07, 6.45) is 2.36. The van der Waals surface area contributed by atoms with Gasteiger partial charge in [-0.3, -0.25) is 0 Å². The van der Waals surface area contributed by atoms with E-state index in [-0.39, 0.29) is 6.10 Å². The monoisotopic (exact) mass is 244 g/mol. The van der Waals surface area contributed by atoms with E-state index in [1.165, 1.54) is 0 Å². The van der Waals surface area contributed by atoms with Crippen molar-refractivity contribution < 1.29 is 9.84 Å². The van der Waals surface area contributed by atoms with Crippen molar-refractivity contribution in [1.29, 1.82) is 0 Å². The Morgan fingerprint density at radius 1 is 1.33 bits per heavy atom. The van der Waals surface area contributed by atoms with Gasteiger partial charge in [-0.1, -0.05) is 12.1 Å². The lowest BCUT2D eigenvalue weighted by atomic mass is 10.1. The average Bonchev–Trinajstić information content (AvgIpc) is 2.84. The van der Waals surface area contributed by atoms with Crippen LogP contribution in [-0.2, 0) is 0 Å². The van der Waals surface area contributed by atoms with Gasteiger partial charge in [0.15, 0.2) is 0 Å². The van der Waals surface area contributed by atoms with Gasteiger partial charge >= 0.3 is 0 Å². The molecule has 2 heterocycles. The van der Waals surface area contributed by atoms with Crippen LogP contribution < -0.4 is 9.64 Å². The molecule has 4 heteroatoms. The first-order valence-corrected chi connectivity index (χ1v) is 6.14. The molecule has 0 radical (unpaired) electrons. The van der Waals surface area contributed by atoms with Crippen molar-refractivity contribution in [3.63, 3.8) is 0 Å². The van der Waals surface area contributed by atoms with Crippen LogP contribution in [0.5, 0.6) is 5.75 Å². The molecule has 0 bridgehead atoms. The summed E-state index contributed by atoms with van der Waals surface area (Å²) >= 11 is 0. The normalized spacial score (nSPS) is 19.4. The maximum absolute atomic E-state index is 9.64. The minimum Gasteiger partial charge on any atom is -0.496 e. The van der Waals surface area contributed by atoms with Gasteiger partial charge in [0.25, 0.3) is 0 Å². The van der Waals surface area contributed by atoms with Gasteiger partial charge in [-0.15, -0.1) is 0 Å². The molecule has 1 saturated heterocycles. The zero-order valence-electron chi connectivity index (χ0n) is 10.3. The molecule has 0 unspecified atom stereocenters. The Morgan fingerprint density at radius 2 is 2.22 bits per heavy atom. The van der Waals surface area contributed by atoms with E-state index in [4.69, 9.17) is 4.74 Å². The van der Waals surface area contributed by atoms with Crippen molar-refractivity contribution >= 4 is 16.6 Å². The number of benzene rings is 1. The Bertz CT molecular complexity index is 571. The van der Waals surface area contributed by atoms with E-state index in [2.05, 4.69) is 9.88 Å². The van der Waals surface area contributed by atoms with Gasteiger partial charge in [-0.25, -0.2) is 4.98 Å². The fourth-order valence-corrected chi connectivity index (χ4v) is 2.53. The molecule has 3 rings (SSSR count). The van der Waals surface area contributed by atoms with Crippen LogP contribution in [0.3, 0.4) is 0 Å². The highest BCUT2D eigenvalue weighted by atomic mass is 16.5. The molecule has 0 spiro atoms. The number of aliphatic hydroxyl groups is 1. The van der Waals surface area contributed by atoms with E-state index in [0.29, 0.717) is 6.54 Å². The molecule has 1 fully saturated rings. The van der Waals surface area contributed by atoms with Crippen LogP contribution in [0.15, 0.2) is 30.5 Å². The highest BCUT2D eigenvalue weighted by Crippen LogP contribution is 2.32. The number of fused-ring (bicyclic) bond motifs is 1. The minimum atomic E-state index is -0.243. The molecule has 0 aliphatic carbocycles. The molecule has 1 aromatic heterocycles. The zero-order chi connectivity index (χ0) is 12.5. The number of anilines is 1. The zero-order valence-corrected chi connectivity index (χ0v) is 10.3. The fourth-order valence-electron chi connectivity index (χ4n) is 2.53. The second-order valence-corrected chi connectivity index (χ2v) is 4.58. The number of rotatable bonds is 2. The molecule has 18 heavy (non-hydrogen) atoms. The number of aromatic nitrogens is 1. The molecule has 2 aromatic rings. The molecule has 0 saturated carbocycles. The number of β-amino-alcohol motifs (C(OH)–C–C–N with tert-alkyl or cyclic N) is 1. The van der Waals surface area contributed by atoms with Crippen LogP contribution in [-0.4, -0.2) is 36.4 Å². The molecule has 1 atom stereocenters. The van der Waals surface area contributed by atoms with Crippen LogP contribution >= 0.6 is 0 Å². The third-order valence-corrected chi connectivity index (χ3v) is 3.43. The third-order valence-electron chi connectivity index (χ3n) is 3.43. The first-order chi connectivity index (χ1) is 8.79. The number of ether oxygens (including phenoxy) is 1. The number of hydrogen-bond acceptors (Lipinski definition) is 4. The summed E-state index contributed by atoms with van der Waals surface area (Å²) in [6.45, 7) is 1.51. The minimum absolute atomic E-state index is 0.243. The Labute approximate surface area is 106 Å². The van der Waals surface area contributed by atoms with Gasteiger partial charge in [0, 0.05) is 30.1 Å². The molecule has 94 valence electrons. The number of nitrogens with zero attached hydrogens (tertiary/aromatic N) is 2. The summed E-state index contributed by atoms with van der Waals surface area (Å²) in [5.74, 6) is 1.79. The van der Waals surface area contributed by atoms with Crippen molar-refractivity contribution in [1.82, 2.24) is 4.98 Å². The van der Waals surface area contributed by atoms with Gasteiger partial charge in [-0.2, -0.15) is 0 Å². The second-order valence-electron chi connectivity index (χ2n) is 4.58. The van der Waals surface area contributed by atoms with Crippen LogP contribution in [0.25, 0.3) is 10.8 Å². The van der Waals surface area contributed by atoms with Crippen molar-refractivity contribution in [3.8, 4) is 5.75 Å². The number of aliphatic hydroxyl groups excluding tert-OH is 1. The SMILES string of the molecule is COc1cccc2c(N3CC[C@H](O)C3)nccc12. The molecular weight excluding hydrogens is 228 g/mol. The summed E-state index contributed by atoms with van der Waals surface area (Å²) in [6, 6.07) is 7.93. The number of hydrogen-bond donors (Lipinski definition) is 1. The Morgan fingerprint density at radius 3 is 2.94 bits per heavy atom. The van der Waals surface area contributed by atoms with Crippen molar-refractivity contribution in [2.45, 2.75) is 12.5 Å². The lowest BCUT2D eigenvalue weighted by molar-refractivity contribution is 0.198. The van der Waals surface area contributed by atoms with Crippen molar-refractivity contribution in [2.24, 2.45) is 0 Å². The van der Waals surface area contributed by atoms with Crippen LogP contribution in [0.4, 0.5) is 5.82 Å². The Hall–Kier alpha value is -1.81. The van der Waals surface area contributed by atoms with E-state index < -0.39 is 0 Å². The standard InChI is InChI=1S/C14H16N2O2/c1-18-13-4-2-3-12-11(13)5-7-15-14(12)16-8-6-10(17)9-16/h2-5,7,10,17H,6,8-9H2,1H3/t10-/m0/s1. The van der Waals surface area contributed by atoms with Crippen LogP contribution in [0.2, 0.25) is 0 Å². The van der Waals surface area contributed by atoms with Gasteiger partial charge in [-0.05, 0) is 18.6 Å². The van der Waals surface area contributed by atoms with Crippen molar-refractivity contribution in [2.75, 3.05) is 25.1 Å². The smallest absolute Gasteiger partial charge is 0.136 e. The van der Waals surface area contributed by atoms with E-state index in [1.807, 2.05) is 24.3 Å². The molecule has 1 aliphatic rings. The Kier molecular flexibility index (Phi) is 2.80. The maximum atomic E-state index is 9.64. The lowest BCUT2D eigenvalue weighted by Crippen LogP contribution is -2.22.